The molecular weight excluding hydrogens is 485 g/mol. The molecule has 9 heteroatoms. The molecule has 0 radical (unpaired) electrons. The van der Waals surface area contributed by atoms with E-state index in [4.69, 9.17) is 9.47 Å². The highest BCUT2D eigenvalue weighted by atomic mass is 19.1. The summed E-state index contributed by atoms with van der Waals surface area (Å²) in [5.74, 6) is -1.72. The van der Waals surface area contributed by atoms with Crippen molar-refractivity contribution >= 4 is 12.2 Å². The van der Waals surface area contributed by atoms with Gasteiger partial charge in [-0.2, -0.15) is 0 Å². The number of rotatable bonds is 7. The Morgan fingerprint density at radius 2 is 1.73 bits per heavy atom. The van der Waals surface area contributed by atoms with Gasteiger partial charge in [0.2, 0.25) is 0 Å². The molecule has 1 fully saturated rings. The van der Waals surface area contributed by atoms with Gasteiger partial charge in [0.15, 0.2) is 0 Å². The lowest BCUT2D eigenvalue weighted by Crippen LogP contribution is -2.49. The van der Waals surface area contributed by atoms with Gasteiger partial charge < -0.3 is 19.7 Å². The van der Waals surface area contributed by atoms with Gasteiger partial charge in [0.1, 0.15) is 23.1 Å². The summed E-state index contributed by atoms with van der Waals surface area (Å²) < 4.78 is 52.1. The Labute approximate surface area is 213 Å². The largest absolute Gasteiger partial charge is 0.449 e. The Bertz CT molecular complexity index is 1270. The van der Waals surface area contributed by atoms with Crippen molar-refractivity contribution in [3.8, 4) is 11.1 Å². The van der Waals surface area contributed by atoms with Crippen LogP contribution in [0.1, 0.15) is 36.9 Å². The molecule has 0 unspecified atom stereocenters. The zero-order chi connectivity index (χ0) is 26.6. The van der Waals surface area contributed by atoms with Crippen LogP contribution in [0.15, 0.2) is 66.7 Å². The number of carbonyl (C=O) groups excluding carboxylic acids is 2. The average Bonchev–Trinajstić information content (AvgIpc) is 2.89. The molecule has 1 N–H and O–H groups in total. The number of benzene rings is 3. The molecule has 0 aliphatic carbocycles. The number of cyclic esters (lactones) is 1. The summed E-state index contributed by atoms with van der Waals surface area (Å²) in [6.45, 7) is 2.20. The molecule has 3 aromatic carbocycles. The van der Waals surface area contributed by atoms with Gasteiger partial charge in [-0.15, -0.1) is 0 Å². The van der Waals surface area contributed by atoms with E-state index in [-0.39, 0.29) is 24.6 Å². The molecule has 194 valence electrons. The Balaban J connectivity index is 1.51. The Kier molecular flexibility index (Phi) is 7.71. The van der Waals surface area contributed by atoms with Crippen LogP contribution in [0.3, 0.4) is 0 Å². The zero-order valence-corrected chi connectivity index (χ0v) is 20.5. The molecule has 3 aromatic rings. The third kappa shape index (κ3) is 5.71. The van der Waals surface area contributed by atoms with Gasteiger partial charge in [0.25, 0.3) is 0 Å². The minimum atomic E-state index is -1.08. The lowest BCUT2D eigenvalue weighted by Gasteiger charge is -2.43. The van der Waals surface area contributed by atoms with Crippen molar-refractivity contribution in [3.05, 3.63) is 95.3 Å². The van der Waals surface area contributed by atoms with Gasteiger partial charge in [-0.05, 0) is 47.9 Å². The van der Waals surface area contributed by atoms with Gasteiger partial charge in [-0.25, -0.2) is 22.8 Å². The summed E-state index contributed by atoms with van der Waals surface area (Å²) in [6.07, 6.45) is -0.560. The maximum Gasteiger partial charge on any atom is 0.411 e. The van der Waals surface area contributed by atoms with Crippen LogP contribution < -0.4 is 5.32 Å². The first kappa shape index (κ1) is 26.1. The van der Waals surface area contributed by atoms with E-state index in [0.717, 1.165) is 11.6 Å². The van der Waals surface area contributed by atoms with Crippen LogP contribution in [0.2, 0.25) is 0 Å². The molecule has 2 amide bonds. The highest BCUT2D eigenvalue weighted by Gasteiger charge is 2.43. The number of carbonyl (C=O) groups is 2. The van der Waals surface area contributed by atoms with E-state index < -0.39 is 35.2 Å². The van der Waals surface area contributed by atoms with Crippen molar-refractivity contribution in [1.29, 1.82) is 0 Å². The monoisotopic (exact) mass is 512 g/mol. The van der Waals surface area contributed by atoms with Crippen molar-refractivity contribution in [3.63, 3.8) is 0 Å². The molecular formula is C28H27F3N2O4. The van der Waals surface area contributed by atoms with Gasteiger partial charge in [0, 0.05) is 38.1 Å². The normalized spacial score (nSPS) is 18.2. The molecule has 0 spiro atoms. The Morgan fingerprint density at radius 1 is 1.05 bits per heavy atom. The maximum atomic E-state index is 14.2. The fraction of sp³-hybridized carbons (Fsp3) is 0.286. The second kappa shape index (κ2) is 10.9. The van der Waals surface area contributed by atoms with E-state index >= 15 is 0 Å². The lowest BCUT2D eigenvalue weighted by atomic mass is 9.85. The third-order valence-electron chi connectivity index (χ3n) is 6.69. The first-order valence-corrected chi connectivity index (χ1v) is 11.9. The SMILES string of the molecule is CNC(=O)OCC[C@]1(c2ccc(F)cc2)CCN([C@@H](C)c2ccc(-c3ccc(F)cc3F)cc2)C(=O)O1. The van der Waals surface area contributed by atoms with Crippen molar-refractivity contribution in [2.75, 3.05) is 20.2 Å². The molecule has 0 saturated carbocycles. The lowest BCUT2D eigenvalue weighted by molar-refractivity contribution is -0.0723. The molecule has 0 bridgehead atoms. The molecule has 2 atom stereocenters. The number of halogens is 3. The minimum absolute atomic E-state index is 0.00128. The highest BCUT2D eigenvalue weighted by Crippen LogP contribution is 2.40. The quantitative estimate of drug-likeness (QED) is 0.403. The van der Waals surface area contributed by atoms with E-state index in [1.54, 1.807) is 41.3 Å². The number of alkyl carbamates (subject to hydrolysis) is 1. The molecule has 0 aromatic heterocycles. The van der Waals surface area contributed by atoms with Gasteiger partial charge >= 0.3 is 12.2 Å². The summed E-state index contributed by atoms with van der Waals surface area (Å²) in [5.41, 5.74) is 1.20. The second-order valence-electron chi connectivity index (χ2n) is 8.87. The molecule has 1 aliphatic heterocycles. The standard InChI is InChI=1S/C28H27F3N2O4/c1-18(19-3-5-20(6-4-19)24-12-11-23(30)17-25(24)31)33-15-13-28(37-27(33)35,14-16-36-26(34)32-2)21-7-9-22(29)10-8-21/h3-12,17-18H,13-16H2,1-2H3,(H,32,34)/t18-,28-/m0/s1. The van der Waals surface area contributed by atoms with Crippen molar-refractivity contribution < 1.29 is 32.2 Å². The summed E-state index contributed by atoms with van der Waals surface area (Å²) in [7, 11) is 1.45. The van der Waals surface area contributed by atoms with E-state index in [2.05, 4.69) is 5.32 Å². The average molecular weight is 513 g/mol. The molecule has 4 rings (SSSR count). The van der Waals surface area contributed by atoms with Gasteiger partial charge in [-0.1, -0.05) is 36.4 Å². The topological polar surface area (TPSA) is 67.9 Å². The maximum absolute atomic E-state index is 14.2. The molecule has 6 nitrogen and oxygen atoms in total. The van der Waals surface area contributed by atoms with Crippen LogP contribution in [0, 0.1) is 17.5 Å². The van der Waals surface area contributed by atoms with E-state index in [9.17, 15) is 22.8 Å². The first-order valence-electron chi connectivity index (χ1n) is 11.9. The summed E-state index contributed by atoms with van der Waals surface area (Å²) >= 11 is 0. The molecule has 37 heavy (non-hydrogen) atoms. The number of amides is 2. The first-order chi connectivity index (χ1) is 17.7. The number of hydrogen-bond donors (Lipinski definition) is 1. The molecule has 1 heterocycles. The van der Waals surface area contributed by atoms with E-state index in [1.165, 1.54) is 31.3 Å². The predicted molar refractivity (Wildman–Crippen MR) is 131 cm³/mol. The Morgan fingerprint density at radius 3 is 2.35 bits per heavy atom. The second-order valence-corrected chi connectivity index (χ2v) is 8.87. The van der Waals surface area contributed by atoms with Crippen LogP contribution in [0.25, 0.3) is 11.1 Å². The van der Waals surface area contributed by atoms with Crippen LogP contribution in [-0.4, -0.2) is 37.3 Å². The summed E-state index contributed by atoms with van der Waals surface area (Å²) in [5, 5.41) is 2.37. The van der Waals surface area contributed by atoms with Crippen LogP contribution in [0.4, 0.5) is 22.8 Å². The van der Waals surface area contributed by atoms with Gasteiger partial charge in [0.05, 0.1) is 12.6 Å². The van der Waals surface area contributed by atoms with Crippen molar-refractivity contribution in [2.24, 2.45) is 0 Å². The van der Waals surface area contributed by atoms with Gasteiger partial charge in [-0.3, -0.25) is 0 Å². The smallest absolute Gasteiger partial charge is 0.411 e. The van der Waals surface area contributed by atoms with E-state index in [1.807, 2.05) is 6.92 Å². The van der Waals surface area contributed by atoms with Crippen LogP contribution >= 0.6 is 0 Å². The fourth-order valence-electron chi connectivity index (χ4n) is 4.52. The highest BCUT2D eigenvalue weighted by molar-refractivity contribution is 5.71. The summed E-state index contributed by atoms with van der Waals surface area (Å²) in [6, 6.07) is 15.8. The summed E-state index contributed by atoms with van der Waals surface area (Å²) in [4.78, 5) is 26.3. The molecule has 1 aliphatic rings. The van der Waals surface area contributed by atoms with Crippen molar-refractivity contribution in [1.82, 2.24) is 10.2 Å². The zero-order valence-electron chi connectivity index (χ0n) is 20.5. The minimum Gasteiger partial charge on any atom is -0.449 e. The molecule has 1 saturated heterocycles. The number of ether oxygens (including phenoxy) is 2. The van der Waals surface area contributed by atoms with E-state index in [0.29, 0.717) is 24.1 Å². The number of nitrogens with zero attached hydrogens (tertiary/aromatic N) is 1. The Hall–Kier alpha value is -4.01. The number of hydrogen-bond acceptors (Lipinski definition) is 4. The predicted octanol–water partition coefficient (Wildman–Crippen LogP) is 6.32. The fourth-order valence-corrected chi connectivity index (χ4v) is 4.52. The third-order valence-corrected chi connectivity index (χ3v) is 6.69. The van der Waals surface area contributed by atoms with Crippen molar-refractivity contribution in [2.45, 2.75) is 31.4 Å². The number of nitrogens with one attached hydrogen (secondary N) is 1. The van der Waals surface area contributed by atoms with Crippen LogP contribution in [-0.2, 0) is 15.1 Å². The van der Waals surface area contributed by atoms with Crippen LogP contribution in [0.5, 0.6) is 0 Å².